The van der Waals surface area contributed by atoms with E-state index in [-0.39, 0.29) is 17.7 Å². The Bertz CT molecular complexity index is 344. The molecule has 116 valence electrons. The smallest absolute Gasteiger partial charge is 0.239 e. The van der Waals surface area contributed by atoms with Crippen LogP contribution in [0.25, 0.3) is 0 Å². The molecule has 0 saturated carbocycles. The van der Waals surface area contributed by atoms with Gasteiger partial charge in [-0.2, -0.15) is 0 Å². The van der Waals surface area contributed by atoms with E-state index in [1.807, 2.05) is 18.7 Å². The number of nitrogens with zero attached hydrogens (tertiary/aromatic N) is 3. The molecule has 1 rings (SSSR count). The van der Waals surface area contributed by atoms with Crippen molar-refractivity contribution >= 4 is 11.8 Å². The van der Waals surface area contributed by atoms with E-state index in [0.29, 0.717) is 13.1 Å². The van der Waals surface area contributed by atoms with E-state index < -0.39 is 6.04 Å². The minimum absolute atomic E-state index is 0.0285. The van der Waals surface area contributed by atoms with E-state index in [1.54, 1.807) is 19.0 Å². The molecule has 0 aromatic carbocycles. The van der Waals surface area contributed by atoms with Crippen LogP contribution in [0.5, 0.6) is 0 Å². The third kappa shape index (κ3) is 4.76. The molecular formula is C14H28N4O2. The predicted octanol–water partition coefficient (Wildman–Crippen LogP) is -0.408. The highest BCUT2D eigenvalue weighted by atomic mass is 16.2. The van der Waals surface area contributed by atoms with Gasteiger partial charge in [-0.3, -0.25) is 14.5 Å². The van der Waals surface area contributed by atoms with Crippen molar-refractivity contribution in [3.8, 4) is 0 Å². The van der Waals surface area contributed by atoms with Crippen LogP contribution in [-0.2, 0) is 9.59 Å². The van der Waals surface area contributed by atoms with E-state index in [4.69, 9.17) is 5.73 Å². The summed E-state index contributed by atoms with van der Waals surface area (Å²) < 4.78 is 0. The zero-order valence-electron chi connectivity index (χ0n) is 13.1. The molecule has 2 N–H and O–H groups in total. The third-order valence-electron chi connectivity index (χ3n) is 3.76. The SMILES string of the molecule is CC(C)[C@@H](N)C(=O)N1CCCN(CC(=O)N(C)C)CC1. The Morgan fingerprint density at radius 3 is 2.35 bits per heavy atom. The van der Waals surface area contributed by atoms with Crippen molar-refractivity contribution < 1.29 is 9.59 Å². The van der Waals surface area contributed by atoms with Crippen LogP contribution in [0.4, 0.5) is 0 Å². The van der Waals surface area contributed by atoms with E-state index in [1.165, 1.54) is 0 Å². The van der Waals surface area contributed by atoms with Crippen molar-refractivity contribution in [2.24, 2.45) is 11.7 Å². The third-order valence-corrected chi connectivity index (χ3v) is 3.76. The van der Waals surface area contributed by atoms with Gasteiger partial charge in [-0.25, -0.2) is 0 Å². The molecule has 0 radical (unpaired) electrons. The summed E-state index contributed by atoms with van der Waals surface area (Å²) >= 11 is 0. The van der Waals surface area contributed by atoms with Crippen LogP contribution in [0.3, 0.4) is 0 Å². The van der Waals surface area contributed by atoms with Gasteiger partial charge in [-0.05, 0) is 12.3 Å². The second kappa shape index (κ2) is 7.59. The van der Waals surface area contributed by atoms with Gasteiger partial charge in [0.25, 0.3) is 0 Å². The molecule has 1 aliphatic heterocycles. The molecule has 1 atom stereocenters. The van der Waals surface area contributed by atoms with Crippen molar-refractivity contribution in [1.82, 2.24) is 14.7 Å². The zero-order chi connectivity index (χ0) is 15.3. The molecule has 1 heterocycles. The summed E-state index contributed by atoms with van der Waals surface area (Å²) in [6.45, 7) is 7.30. The lowest BCUT2D eigenvalue weighted by Gasteiger charge is -2.26. The lowest BCUT2D eigenvalue weighted by Crippen LogP contribution is -2.48. The monoisotopic (exact) mass is 284 g/mol. The fraction of sp³-hybridized carbons (Fsp3) is 0.857. The Kier molecular flexibility index (Phi) is 6.42. The lowest BCUT2D eigenvalue weighted by molar-refractivity contribution is -0.133. The second-order valence-electron chi connectivity index (χ2n) is 6.01. The van der Waals surface area contributed by atoms with Gasteiger partial charge in [0.1, 0.15) is 0 Å². The Balaban J connectivity index is 2.51. The Hall–Kier alpha value is -1.14. The normalized spacial score (nSPS) is 18.8. The summed E-state index contributed by atoms with van der Waals surface area (Å²) in [5, 5.41) is 0. The van der Waals surface area contributed by atoms with Gasteiger partial charge in [-0.15, -0.1) is 0 Å². The highest BCUT2D eigenvalue weighted by Crippen LogP contribution is 2.08. The molecular weight excluding hydrogens is 256 g/mol. The number of carbonyl (C=O) groups excluding carboxylic acids is 2. The van der Waals surface area contributed by atoms with E-state index in [0.717, 1.165) is 26.1 Å². The van der Waals surface area contributed by atoms with Gasteiger partial charge in [0.05, 0.1) is 12.6 Å². The van der Waals surface area contributed by atoms with Crippen LogP contribution >= 0.6 is 0 Å². The number of likely N-dealkylation sites (N-methyl/N-ethyl adjacent to an activating group) is 1. The number of nitrogens with two attached hydrogens (primary N) is 1. The van der Waals surface area contributed by atoms with Gasteiger partial charge in [0.15, 0.2) is 0 Å². The summed E-state index contributed by atoms with van der Waals surface area (Å²) in [7, 11) is 3.52. The molecule has 0 aliphatic carbocycles. The largest absolute Gasteiger partial charge is 0.348 e. The highest BCUT2D eigenvalue weighted by Gasteiger charge is 2.26. The van der Waals surface area contributed by atoms with Crippen LogP contribution in [0.1, 0.15) is 20.3 Å². The Morgan fingerprint density at radius 2 is 1.80 bits per heavy atom. The maximum atomic E-state index is 12.2. The molecule has 6 heteroatoms. The molecule has 2 amide bonds. The quantitative estimate of drug-likeness (QED) is 0.762. The van der Waals surface area contributed by atoms with Crippen LogP contribution in [0.15, 0.2) is 0 Å². The summed E-state index contributed by atoms with van der Waals surface area (Å²) in [6.07, 6.45) is 0.886. The van der Waals surface area contributed by atoms with Gasteiger partial charge in [-0.1, -0.05) is 13.8 Å². The Morgan fingerprint density at radius 1 is 1.15 bits per heavy atom. The van der Waals surface area contributed by atoms with E-state index >= 15 is 0 Å². The van der Waals surface area contributed by atoms with Gasteiger partial charge in [0, 0.05) is 40.3 Å². The molecule has 0 spiro atoms. The first kappa shape index (κ1) is 16.9. The summed E-state index contributed by atoms with van der Waals surface area (Å²) in [4.78, 5) is 29.5. The van der Waals surface area contributed by atoms with E-state index in [2.05, 4.69) is 4.90 Å². The molecule has 0 bridgehead atoms. The van der Waals surface area contributed by atoms with Crippen molar-refractivity contribution in [2.75, 3.05) is 46.8 Å². The fourth-order valence-corrected chi connectivity index (χ4v) is 2.18. The average Bonchev–Trinajstić information content (AvgIpc) is 2.62. The zero-order valence-corrected chi connectivity index (χ0v) is 13.1. The summed E-state index contributed by atoms with van der Waals surface area (Å²) in [5.41, 5.74) is 5.93. The van der Waals surface area contributed by atoms with Crippen LogP contribution in [0, 0.1) is 5.92 Å². The number of rotatable bonds is 4. The minimum Gasteiger partial charge on any atom is -0.348 e. The topological polar surface area (TPSA) is 69.9 Å². The van der Waals surface area contributed by atoms with Crippen LogP contribution in [-0.4, -0.2) is 79.4 Å². The molecule has 0 aromatic rings. The number of hydrogen-bond donors (Lipinski definition) is 1. The fourth-order valence-electron chi connectivity index (χ4n) is 2.18. The standard InChI is InChI=1S/C14H28N4O2/c1-11(2)13(15)14(20)18-7-5-6-17(8-9-18)10-12(19)16(3)4/h11,13H,5-10,15H2,1-4H3/t13-/m1/s1. The first-order valence-electron chi connectivity index (χ1n) is 7.29. The second-order valence-corrected chi connectivity index (χ2v) is 6.01. The Labute approximate surface area is 121 Å². The van der Waals surface area contributed by atoms with Crippen LogP contribution in [0.2, 0.25) is 0 Å². The van der Waals surface area contributed by atoms with Crippen molar-refractivity contribution in [3.05, 3.63) is 0 Å². The first-order chi connectivity index (χ1) is 9.32. The van der Waals surface area contributed by atoms with Gasteiger partial charge < -0.3 is 15.5 Å². The molecule has 0 unspecified atom stereocenters. The first-order valence-corrected chi connectivity index (χ1v) is 7.29. The van der Waals surface area contributed by atoms with E-state index in [9.17, 15) is 9.59 Å². The molecule has 1 saturated heterocycles. The molecule has 6 nitrogen and oxygen atoms in total. The van der Waals surface area contributed by atoms with Gasteiger partial charge >= 0.3 is 0 Å². The number of carbonyl (C=O) groups is 2. The molecule has 20 heavy (non-hydrogen) atoms. The van der Waals surface area contributed by atoms with Crippen LogP contribution < -0.4 is 5.73 Å². The molecule has 1 fully saturated rings. The average molecular weight is 284 g/mol. The minimum atomic E-state index is -0.426. The summed E-state index contributed by atoms with van der Waals surface area (Å²) in [5.74, 6) is 0.279. The molecule has 1 aliphatic rings. The number of amides is 2. The maximum Gasteiger partial charge on any atom is 0.239 e. The van der Waals surface area contributed by atoms with Crippen molar-refractivity contribution in [1.29, 1.82) is 0 Å². The maximum absolute atomic E-state index is 12.2. The van der Waals surface area contributed by atoms with Gasteiger partial charge in [0.2, 0.25) is 11.8 Å². The highest BCUT2D eigenvalue weighted by molar-refractivity contribution is 5.82. The lowest BCUT2D eigenvalue weighted by atomic mass is 10.0. The molecule has 0 aromatic heterocycles. The predicted molar refractivity (Wildman–Crippen MR) is 79.1 cm³/mol. The van der Waals surface area contributed by atoms with Crippen molar-refractivity contribution in [2.45, 2.75) is 26.3 Å². The number of hydrogen-bond acceptors (Lipinski definition) is 4. The summed E-state index contributed by atoms with van der Waals surface area (Å²) in [6, 6.07) is -0.426. The van der Waals surface area contributed by atoms with Crippen molar-refractivity contribution in [3.63, 3.8) is 0 Å².